The van der Waals surface area contributed by atoms with Crippen LogP contribution in [0.4, 0.5) is 19.0 Å². The van der Waals surface area contributed by atoms with Gasteiger partial charge in [-0.05, 0) is 48.6 Å². The minimum absolute atomic E-state index is 0.000942. The van der Waals surface area contributed by atoms with Crippen molar-refractivity contribution in [3.05, 3.63) is 71.1 Å². The van der Waals surface area contributed by atoms with E-state index in [1.54, 1.807) is 36.4 Å². The second-order valence-electron chi connectivity index (χ2n) is 7.49. The van der Waals surface area contributed by atoms with Gasteiger partial charge in [-0.25, -0.2) is 9.97 Å². The summed E-state index contributed by atoms with van der Waals surface area (Å²) in [5.41, 5.74) is 0.271. The molecule has 4 rings (SSSR count). The number of aliphatic hydroxyl groups is 1. The maximum absolute atomic E-state index is 13.5. The van der Waals surface area contributed by atoms with Gasteiger partial charge in [-0.1, -0.05) is 23.7 Å². The number of aliphatic hydroxyl groups excluding tert-OH is 1. The molecular weight excluding hydrogens is 429 g/mol. The monoisotopic (exact) mass is 448 g/mol. The Bertz CT molecular complexity index is 1020. The van der Waals surface area contributed by atoms with E-state index in [2.05, 4.69) is 15.0 Å². The third kappa shape index (κ3) is 4.97. The third-order valence-electron chi connectivity index (χ3n) is 5.46. The van der Waals surface area contributed by atoms with Crippen LogP contribution in [0.2, 0.25) is 5.02 Å². The van der Waals surface area contributed by atoms with Crippen LogP contribution in [0.5, 0.6) is 0 Å². The van der Waals surface area contributed by atoms with Crippen LogP contribution in [-0.4, -0.2) is 33.1 Å². The summed E-state index contributed by atoms with van der Waals surface area (Å²) in [6.07, 6.45) is -1.00. The van der Waals surface area contributed by atoms with Gasteiger partial charge < -0.3 is 10.0 Å². The Hall–Kier alpha value is -2.71. The summed E-state index contributed by atoms with van der Waals surface area (Å²) < 4.78 is 40.4. The second-order valence-corrected chi connectivity index (χ2v) is 7.93. The fourth-order valence-electron chi connectivity index (χ4n) is 3.75. The molecule has 0 bridgehead atoms. The average molecular weight is 449 g/mol. The molecule has 0 amide bonds. The molecule has 9 heteroatoms. The van der Waals surface area contributed by atoms with Crippen molar-refractivity contribution in [3.63, 3.8) is 0 Å². The number of piperidine rings is 1. The van der Waals surface area contributed by atoms with Crippen molar-refractivity contribution < 1.29 is 18.3 Å². The number of anilines is 1. The van der Waals surface area contributed by atoms with Crippen molar-refractivity contribution in [2.45, 2.75) is 25.1 Å². The van der Waals surface area contributed by atoms with Crippen LogP contribution in [0.1, 0.15) is 30.2 Å². The standard InChI is InChI=1S/C22H20ClF3N4O/c23-17-3-1-14(2-4-17)20(31)15-7-11-30(12-8-15)19-13-18(22(24,25)26)28-21(29-19)16-5-9-27-10-6-16/h1-6,9-10,13,15,20,31H,7-8,11-12H2. The van der Waals surface area contributed by atoms with Gasteiger partial charge in [-0.15, -0.1) is 0 Å². The van der Waals surface area contributed by atoms with Crippen LogP contribution in [-0.2, 0) is 6.18 Å². The molecule has 162 valence electrons. The van der Waals surface area contributed by atoms with Crippen molar-refractivity contribution in [3.8, 4) is 11.4 Å². The lowest BCUT2D eigenvalue weighted by Crippen LogP contribution is -2.36. The van der Waals surface area contributed by atoms with E-state index in [1.807, 2.05) is 4.90 Å². The molecule has 2 aromatic heterocycles. The molecule has 3 heterocycles. The number of nitrogens with zero attached hydrogens (tertiary/aromatic N) is 4. The molecule has 1 unspecified atom stereocenters. The van der Waals surface area contributed by atoms with E-state index in [1.165, 1.54) is 12.4 Å². The Kier molecular flexibility index (Phi) is 6.11. The highest BCUT2D eigenvalue weighted by atomic mass is 35.5. The maximum atomic E-state index is 13.5. The van der Waals surface area contributed by atoms with Gasteiger partial charge in [0.05, 0.1) is 6.10 Å². The van der Waals surface area contributed by atoms with E-state index in [-0.39, 0.29) is 17.6 Å². The molecule has 0 spiro atoms. The minimum Gasteiger partial charge on any atom is -0.388 e. The Labute approximate surface area is 182 Å². The Morgan fingerprint density at radius 2 is 1.65 bits per heavy atom. The predicted octanol–water partition coefficient (Wildman–Crippen LogP) is 5.16. The molecule has 0 aliphatic carbocycles. The summed E-state index contributed by atoms with van der Waals surface area (Å²) in [5.74, 6) is 0.241. The number of aromatic nitrogens is 3. The summed E-state index contributed by atoms with van der Waals surface area (Å²) >= 11 is 5.91. The van der Waals surface area contributed by atoms with Crippen molar-refractivity contribution in [1.29, 1.82) is 0 Å². The normalized spacial score (nSPS) is 16.4. The first-order valence-electron chi connectivity index (χ1n) is 9.86. The molecule has 0 radical (unpaired) electrons. The average Bonchev–Trinajstić information content (AvgIpc) is 2.79. The largest absolute Gasteiger partial charge is 0.433 e. The van der Waals surface area contributed by atoms with Gasteiger partial charge in [0.1, 0.15) is 5.82 Å². The quantitative estimate of drug-likeness (QED) is 0.597. The van der Waals surface area contributed by atoms with E-state index in [0.717, 1.165) is 11.6 Å². The maximum Gasteiger partial charge on any atom is 0.433 e. The van der Waals surface area contributed by atoms with Gasteiger partial charge in [0.25, 0.3) is 0 Å². The van der Waals surface area contributed by atoms with Crippen molar-refractivity contribution in [2.24, 2.45) is 5.92 Å². The lowest BCUT2D eigenvalue weighted by atomic mass is 9.87. The number of hydrogen-bond donors (Lipinski definition) is 1. The molecule has 0 saturated carbocycles. The summed E-state index contributed by atoms with van der Waals surface area (Å²) in [6, 6.07) is 11.2. The first kappa shape index (κ1) is 21.5. The van der Waals surface area contributed by atoms with E-state index < -0.39 is 18.0 Å². The van der Waals surface area contributed by atoms with Crippen molar-refractivity contribution in [2.75, 3.05) is 18.0 Å². The Morgan fingerprint density at radius 1 is 1.00 bits per heavy atom. The smallest absolute Gasteiger partial charge is 0.388 e. The second kappa shape index (κ2) is 8.80. The number of benzene rings is 1. The zero-order valence-corrected chi connectivity index (χ0v) is 17.2. The zero-order chi connectivity index (χ0) is 22.0. The molecule has 1 aromatic carbocycles. The summed E-state index contributed by atoms with van der Waals surface area (Å²) in [4.78, 5) is 13.8. The van der Waals surface area contributed by atoms with Gasteiger partial charge >= 0.3 is 6.18 Å². The highest BCUT2D eigenvalue weighted by molar-refractivity contribution is 6.30. The molecule has 1 aliphatic rings. The molecule has 1 N–H and O–H groups in total. The zero-order valence-electron chi connectivity index (χ0n) is 16.4. The van der Waals surface area contributed by atoms with Crippen LogP contribution in [0.3, 0.4) is 0 Å². The molecule has 1 atom stereocenters. The fourth-order valence-corrected chi connectivity index (χ4v) is 3.87. The van der Waals surface area contributed by atoms with Crippen molar-refractivity contribution >= 4 is 17.4 Å². The summed E-state index contributed by atoms with van der Waals surface area (Å²) in [6.45, 7) is 0.971. The summed E-state index contributed by atoms with van der Waals surface area (Å²) in [5, 5.41) is 11.3. The van der Waals surface area contributed by atoms with Crippen LogP contribution < -0.4 is 4.90 Å². The van der Waals surface area contributed by atoms with E-state index in [9.17, 15) is 18.3 Å². The first-order valence-corrected chi connectivity index (χ1v) is 10.2. The third-order valence-corrected chi connectivity index (χ3v) is 5.72. The van der Waals surface area contributed by atoms with Crippen LogP contribution in [0.15, 0.2) is 54.9 Å². The van der Waals surface area contributed by atoms with Crippen LogP contribution in [0, 0.1) is 5.92 Å². The fraction of sp³-hybridized carbons (Fsp3) is 0.318. The predicted molar refractivity (Wildman–Crippen MR) is 112 cm³/mol. The Balaban J connectivity index is 1.54. The van der Waals surface area contributed by atoms with Gasteiger partial charge in [-0.3, -0.25) is 4.98 Å². The topological polar surface area (TPSA) is 62.1 Å². The number of rotatable bonds is 4. The van der Waals surface area contributed by atoms with Crippen LogP contribution in [0.25, 0.3) is 11.4 Å². The number of hydrogen-bond acceptors (Lipinski definition) is 5. The lowest BCUT2D eigenvalue weighted by molar-refractivity contribution is -0.141. The van der Waals surface area contributed by atoms with Crippen LogP contribution >= 0.6 is 11.6 Å². The van der Waals surface area contributed by atoms with E-state index >= 15 is 0 Å². The molecule has 1 fully saturated rings. The first-order chi connectivity index (χ1) is 14.8. The number of pyridine rings is 1. The Morgan fingerprint density at radius 3 is 2.26 bits per heavy atom. The molecular formula is C22H20ClF3N4O. The number of alkyl halides is 3. The highest BCUT2D eigenvalue weighted by Gasteiger charge is 2.35. The van der Waals surface area contributed by atoms with Gasteiger partial charge in [0, 0.05) is 42.1 Å². The summed E-state index contributed by atoms with van der Waals surface area (Å²) in [7, 11) is 0. The minimum atomic E-state index is -4.58. The van der Waals surface area contributed by atoms with Gasteiger partial charge in [-0.2, -0.15) is 13.2 Å². The molecule has 1 aliphatic heterocycles. The molecule has 31 heavy (non-hydrogen) atoms. The van der Waals surface area contributed by atoms with Gasteiger partial charge in [0.2, 0.25) is 0 Å². The molecule has 5 nitrogen and oxygen atoms in total. The lowest BCUT2D eigenvalue weighted by Gasteiger charge is -2.35. The van der Waals surface area contributed by atoms with Gasteiger partial charge in [0.15, 0.2) is 11.5 Å². The number of halogens is 4. The highest BCUT2D eigenvalue weighted by Crippen LogP contribution is 2.35. The van der Waals surface area contributed by atoms with E-state index in [0.29, 0.717) is 36.5 Å². The molecule has 3 aromatic rings. The van der Waals surface area contributed by atoms with Crippen molar-refractivity contribution in [1.82, 2.24) is 15.0 Å². The SMILES string of the molecule is OC(c1ccc(Cl)cc1)C1CCN(c2cc(C(F)(F)F)nc(-c3ccncc3)n2)CC1. The molecule has 1 saturated heterocycles. The van der Waals surface area contributed by atoms with E-state index in [4.69, 9.17) is 11.6 Å².